The van der Waals surface area contributed by atoms with Gasteiger partial charge in [0.1, 0.15) is 0 Å². The van der Waals surface area contributed by atoms with E-state index in [4.69, 9.17) is 0 Å². The average Bonchev–Trinajstić information content (AvgIpc) is 2.00. The maximum atomic E-state index is 12.2. The van der Waals surface area contributed by atoms with Crippen LogP contribution < -0.4 is 0 Å². The molecule has 0 saturated carbocycles. The minimum Gasteiger partial charge on any atom is -0.251 e. The fourth-order valence-electron chi connectivity index (χ4n) is 1.28. The lowest BCUT2D eigenvalue weighted by molar-refractivity contribution is 0.272. The Hall–Kier alpha value is 0.280. The molecule has 0 rings (SSSR count). The van der Waals surface area contributed by atoms with Crippen LogP contribution in [-0.2, 0) is 0 Å². The van der Waals surface area contributed by atoms with Crippen molar-refractivity contribution < 1.29 is 4.39 Å². The zero-order valence-electron chi connectivity index (χ0n) is 6.81. The van der Waals surface area contributed by atoms with Crippen molar-refractivity contribution in [2.45, 2.75) is 26.7 Å². The number of hydrogen-bond donors (Lipinski definition) is 1. The first kappa shape index (κ1) is 10.3. The molecule has 0 heterocycles. The van der Waals surface area contributed by atoms with Gasteiger partial charge in [0.05, 0.1) is 6.67 Å². The summed E-state index contributed by atoms with van der Waals surface area (Å²) >= 11 is 4.10. The summed E-state index contributed by atoms with van der Waals surface area (Å²) < 4.78 is 12.2. The molecule has 0 bridgehead atoms. The molecule has 0 aromatic heterocycles. The quantitative estimate of drug-likeness (QED) is 0.593. The van der Waals surface area contributed by atoms with E-state index < -0.39 is 0 Å². The third kappa shape index (κ3) is 2.91. The maximum Gasteiger partial charge on any atom is 0.0933 e. The molecule has 0 aliphatic carbocycles. The average molecular weight is 164 g/mol. The maximum absolute atomic E-state index is 12.2. The Kier molecular flexibility index (Phi) is 6.19. The highest BCUT2D eigenvalue weighted by molar-refractivity contribution is 7.80. The molecule has 0 aliphatic heterocycles. The highest BCUT2D eigenvalue weighted by Gasteiger charge is 2.15. The van der Waals surface area contributed by atoms with Gasteiger partial charge in [0, 0.05) is 0 Å². The van der Waals surface area contributed by atoms with Gasteiger partial charge in [-0.15, -0.1) is 0 Å². The van der Waals surface area contributed by atoms with Gasteiger partial charge in [0.25, 0.3) is 0 Å². The summed E-state index contributed by atoms with van der Waals surface area (Å²) in [4.78, 5) is 0. The molecule has 0 amide bonds. The summed E-state index contributed by atoms with van der Waals surface area (Å²) in [5, 5.41) is 0. The van der Waals surface area contributed by atoms with E-state index >= 15 is 0 Å². The van der Waals surface area contributed by atoms with E-state index in [1.165, 1.54) is 0 Å². The lowest BCUT2D eigenvalue weighted by Gasteiger charge is -2.19. The smallest absolute Gasteiger partial charge is 0.0933 e. The van der Waals surface area contributed by atoms with E-state index in [1.807, 2.05) is 0 Å². The first-order valence-electron chi connectivity index (χ1n) is 3.96. The minimum atomic E-state index is -0.212. The van der Waals surface area contributed by atoms with E-state index in [1.54, 1.807) is 0 Å². The molecule has 0 radical (unpaired) electrons. The molecule has 0 nitrogen and oxygen atoms in total. The Balaban J connectivity index is 3.70. The summed E-state index contributed by atoms with van der Waals surface area (Å²) in [6.45, 7) is 4.01. The van der Waals surface area contributed by atoms with Gasteiger partial charge in [0.2, 0.25) is 0 Å². The van der Waals surface area contributed by atoms with Gasteiger partial charge < -0.3 is 0 Å². The highest BCUT2D eigenvalue weighted by atomic mass is 32.1. The summed E-state index contributed by atoms with van der Waals surface area (Å²) in [7, 11) is 0. The van der Waals surface area contributed by atoms with Crippen molar-refractivity contribution in [1.82, 2.24) is 0 Å². The van der Waals surface area contributed by atoms with Crippen molar-refractivity contribution in [3.63, 3.8) is 0 Å². The van der Waals surface area contributed by atoms with E-state index in [-0.39, 0.29) is 12.6 Å². The second kappa shape index (κ2) is 6.02. The van der Waals surface area contributed by atoms with Gasteiger partial charge >= 0.3 is 0 Å². The molecule has 1 atom stereocenters. The molecule has 0 aromatic rings. The molecular formula is C8H17FS. The van der Waals surface area contributed by atoms with E-state index in [2.05, 4.69) is 26.5 Å². The van der Waals surface area contributed by atoms with Crippen LogP contribution in [0, 0.1) is 11.8 Å². The SMILES string of the molecule is CCC(CC)C(CF)CS. The van der Waals surface area contributed by atoms with Crippen molar-refractivity contribution in [2.75, 3.05) is 12.4 Å². The van der Waals surface area contributed by atoms with Crippen LogP contribution in [0.2, 0.25) is 0 Å². The van der Waals surface area contributed by atoms with Crippen LogP contribution in [0.5, 0.6) is 0 Å². The van der Waals surface area contributed by atoms with E-state index in [0.29, 0.717) is 11.7 Å². The normalized spacial score (nSPS) is 14.1. The molecule has 0 spiro atoms. The molecule has 0 aromatic carbocycles. The van der Waals surface area contributed by atoms with Gasteiger partial charge in [-0.25, -0.2) is 0 Å². The predicted octanol–water partition coefficient (Wildman–Crippen LogP) is 2.94. The largest absolute Gasteiger partial charge is 0.251 e. The predicted molar refractivity (Wildman–Crippen MR) is 47.4 cm³/mol. The molecule has 0 saturated heterocycles. The lowest BCUT2D eigenvalue weighted by atomic mass is 9.90. The Morgan fingerprint density at radius 2 is 1.70 bits per heavy atom. The topological polar surface area (TPSA) is 0 Å². The second-order valence-corrected chi connectivity index (χ2v) is 3.04. The van der Waals surface area contributed by atoms with Crippen molar-refractivity contribution in [3.05, 3.63) is 0 Å². The fourth-order valence-corrected chi connectivity index (χ4v) is 1.67. The van der Waals surface area contributed by atoms with Crippen LogP contribution in [0.4, 0.5) is 4.39 Å². The van der Waals surface area contributed by atoms with Crippen molar-refractivity contribution in [2.24, 2.45) is 11.8 Å². The highest BCUT2D eigenvalue weighted by Crippen LogP contribution is 2.20. The number of hydrogen-bond acceptors (Lipinski definition) is 1. The third-order valence-corrected chi connectivity index (χ3v) is 2.62. The van der Waals surface area contributed by atoms with Crippen LogP contribution >= 0.6 is 12.6 Å². The standard InChI is InChI=1S/C8H17FS/c1-3-7(4-2)8(5-9)6-10/h7-8,10H,3-6H2,1-2H3. The second-order valence-electron chi connectivity index (χ2n) is 2.67. The van der Waals surface area contributed by atoms with Crippen LogP contribution in [0.25, 0.3) is 0 Å². The molecule has 62 valence electrons. The van der Waals surface area contributed by atoms with Crippen molar-refractivity contribution >= 4 is 12.6 Å². The first-order chi connectivity index (χ1) is 4.79. The van der Waals surface area contributed by atoms with Crippen LogP contribution in [-0.4, -0.2) is 12.4 Å². The first-order valence-corrected chi connectivity index (χ1v) is 4.60. The molecular weight excluding hydrogens is 147 g/mol. The molecule has 2 heteroatoms. The third-order valence-electron chi connectivity index (χ3n) is 2.15. The molecule has 0 N–H and O–H groups in total. The summed E-state index contributed by atoms with van der Waals surface area (Å²) in [5.41, 5.74) is 0. The van der Waals surface area contributed by atoms with Gasteiger partial charge in [-0.05, 0) is 17.6 Å². The van der Waals surface area contributed by atoms with Crippen LogP contribution in [0.3, 0.4) is 0 Å². The summed E-state index contributed by atoms with van der Waals surface area (Å²) in [5.74, 6) is 1.39. The lowest BCUT2D eigenvalue weighted by Crippen LogP contribution is -2.16. The van der Waals surface area contributed by atoms with Gasteiger partial charge in [0.15, 0.2) is 0 Å². The Bertz CT molecular complexity index is 57.7. The van der Waals surface area contributed by atoms with Crippen LogP contribution in [0.1, 0.15) is 26.7 Å². The fraction of sp³-hybridized carbons (Fsp3) is 1.00. The van der Waals surface area contributed by atoms with Gasteiger partial charge in [-0.2, -0.15) is 12.6 Å². The number of alkyl halides is 1. The number of halogens is 1. The molecule has 1 unspecified atom stereocenters. The zero-order valence-corrected chi connectivity index (χ0v) is 7.70. The Labute approximate surface area is 68.6 Å². The van der Waals surface area contributed by atoms with E-state index in [9.17, 15) is 4.39 Å². The summed E-state index contributed by atoms with van der Waals surface area (Å²) in [6, 6.07) is 0. The number of rotatable bonds is 5. The van der Waals surface area contributed by atoms with E-state index in [0.717, 1.165) is 12.8 Å². The monoisotopic (exact) mass is 164 g/mol. The molecule has 10 heavy (non-hydrogen) atoms. The summed E-state index contributed by atoms with van der Waals surface area (Å²) in [6.07, 6.45) is 2.15. The Morgan fingerprint density at radius 3 is 1.80 bits per heavy atom. The molecule has 0 aliphatic rings. The van der Waals surface area contributed by atoms with Gasteiger partial charge in [-0.3, -0.25) is 4.39 Å². The van der Waals surface area contributed by atoms with Crippen LogP contribution in [0.15, 0.2) is 0 Å². The number of thiol groups is 1. The Morgan fingerprint density at radius 1 is 1.20 bits per heavy atom. The minimum absolute atomic E-state index is 0.179. The van der Waals surface area contributed by atoms with Crippen molar-refractivity contribution in [3.8, 4) is 0 Å². The van der Waals surface area contributed by atoms with Gasteiger partial charge in [-0.1, -0.05) is 26.7 Å². The zero-order chi connectivity index (χ0) is 7.98. The molecule has 0 fully saturated rings. The van der Waals surface area contributed by atoms with Crippen molar-refractivity contribution in [1.29, 1.82) is 0 Å².